The van der Waals surface area contributed by atoms with E-state index in [0.717, 1.165) is 6.42 Å². The molecule has 0 aromatic rings. The van der Waals surface area contributed by atoms with E-state index in [2.05, 4.69) is 38.2 Å². The van der Waals surface area contributed by atoms with Crippen LogP contribution in [-0.4, -0.2) is 6.10 Å². The van der Waals surface area contributed by atoms with E-state index in [1.165, 1.54) is 135 Å². The summed E-state index contributed by atoms with van der Waals surface area (Å²) in [5.74, 6) is 0. The third kappa shape index (κ3) is 27.1. The normalized spacial score (nSPS) is 13.1. The van der Waals surface area contributed by atoms with E-state index >= 15 is 0 Å². The average Bonchev–Trinajstić information content (AvgIpc) is 2.83. The molecule has 0 saturated carbocycles. The van der Waals surface area contributed by atoms with Crippen LogP contribution in [-0.2, 0) is 4.74 Å². The van der Waals surface area contributed by atoms with Crippen molar-refractivity contribution >= 4 is 0 Å². The fourth-order valence-electron chi connectivity index (χ4n) is 4.34. The van der Waals surface area contributed by atoms with Gasteiger partial charge in [-0.05, 0) is 64.7 Å². The molecule has 0 aliphatic rings. The summed E-state index contributed by atoms with van der Waals surface area (Å²) in [6, 6.07) is 0. The van der Waals surface area contributed by atoms with E-state index < -0.39 is 0 Å². The van der Waals surface area contributed by atoms with Gasteiger partial charge in [-0.15, -0.1) is 0 Å². The molecule has 0 spiro atoms. The Hall–Kier alpha value is -0.980. The molecule has 0 bridgehead atoms. The first-order valence-electron chi connectivity index (χ1n) is 14.9. The summed E-state index contributed by atoms with van der Waals surface area (Å²) in [6.45, 7) is 6.61. The Balaban J connectivity index is 3.57. The van der Waals surface area contributed by atoms with Crippen LogP contribution >= 0.6 is 0 Å². The van der Waals surface area contributed by atoms with Gasteiger partial charge < -0.3 is 4.74 Å². The quantitative estimate of drug-likeness (QED) is 0.0708. The largest absolute Gasteiger partial charge is 0.498 e. The molecule has 0 saturated heterocycles. The maximum atomic E-state index is 5.98. The zero-order valence-electron chi connectivity index (χ0n) is 23.0. The van der Waals surface area contributed by atoms with Gasteiger partial charge in [0.05, 0.1) is 12.4 Å². The number of ether oxygens (including phenoxy) is 1. The maximum absolute atomic E-state index is 5.98. The SMILES string of the molecule is C/C=C/OC(CCCCCCCC/C=C\C/C=C\CCCCC)CCCCCCCCCC. The second kappa shape index (κ2) is 29.1. The van der Waals surface area contributed by atoms with Gasteiger partial charge in [-0.1, -0.05) is 128 Å². The van der Waals surface area contributed by atoms with Gasteiger partial charge in [-0.2, -0.15) is 0 Å². The first kappa shape index (κ1) is 32.0. The van der Waals surface area contributed by atoms with Crippen molar-refractivity contribution in [3.05, 3.63) is 36.6 Å². The van der Waals surface area contributed by atoms with Crippen LogP contribution in [0.25, 0.3) is 0 Å². The smallest absolute Gasteiger partial charge is 0.0978 e. The Kier molecular flexibility index (Phi) is 28.2. The Bertz CT molecular complexity index is 434. The van der Waals surface area contributed by atoms with Gasteiger partial charge in [0.1, 0.15) is 0 Å². The summed E-state index contributed by atoms with van der Waals surface area (Å²) in [7, 11) is 0. The Morgan fingerprint density at radius 3 is 1.45 bits per heavy atom. The second-order valence-corrected chi connectivity index (χ2v) is 9.86. The first-order chi connectivity index (χ1) is 16.3. The summed E-state index contributed by atoms with van der Waals surface area (Å²) >= 11 is 0. The average molecular weight is 461 g/mol. The van der Waals surface area contributed by atoms with Crippen LogP contribution in [0.5, 0.6) is 0 Å². The monoisotopic (exact) mass is 460 g/mol. The van der Waals surface area contributed by atoms with Gasteiger partial charge in [0.25, 0.3) is 0 Å². The molecule has 0 aliphatic heterocycles. The Morgan fingerprint density at radius 1 is 0.515 bits per heavy atom. The van der Waals surface area contributed by atoms with Crippen LogP contribution < -0.4 is 0 Å². The summed E-state index contributed by atoms with van der Waals surface area (Å²) in [4.78, 5) is 0. The highest BCUT2D eigenvalue weighted by molar-refractivity contribution is 4.92. The minimum Gasteiger partial charge on any atom is -0.498 e. The van der Waals surface area contributed by atoms with Crippen LogP contribution in [0.3, 0.4) is 0 Å². The molecule has 0 aliphatic carbocycles. The third-order valence-corrected chi connectivity index (χ3v) is 6.51. The molecule has 1 unspecified atom stereocenters. The van der Waals surface area contributed by atoms with E-state index in [0.29, 0.717) is 6.10 Å². The maximum Gasteiger partial charge on any atom is 0.0978 e. The second-order valence-electron chi connectivity index (χ2n) is 9.86. The zero-order chi connectivity index (χ0) is 24.1. The van der Waals surface area contributed by atoms with E-state index in [1.54, 1.807) is 0 Å². The zero-order valence-corrected chi connectivity index (χ0v) is 23.0. The van der Waals surface area contributed by atoms with Crippen LogP contribution in [0.15, 0.2) is 36.6 Å². The van der Waals surface area contributed by atoms with Crippen molar-refractivity contribution in [2.24, 2.45) is 0 Å². The molecule has 0 rings (SSSR count). The van der Waals surface area contributed by atoms with Crippen LogP contribution in [0, 0.1) is 0 Å². The molecular formula is C32H60O. The minimum absolute atomic E-state index is 0.437. The van der Waals surface area contributed by atoms with Crippen LogP contribution in [0.4, 0.5) is 0 Å². The molecule has 0 amide bonds. The number of hydrogen-bond donors (Lipinski definition) is 0. The molecule has 1 heteroatoms. The highest BCUT2D eigenvalue weighted by Gasteiger charge is 2.08. The molecule has 0 heterocycles. The van der Waals surface area contributed by atoms with Gasteiger partial charge in [0.15, 0.2) is 0 Å². The number of allylic oxidation sites excluding steroid dienone is 5. The summed E-state index contributed by atoms with van der Waals surface area (Å²) in [5.41, 5.74) is 0. The number of rotatable bonds is 26. The van der Waals surface area contributed by atoms with E-state index in [1.807, 2.05) is 19.3 Å². The van der Waals surface area contributed by atoms with Crippen molar-refractivity contribution in [1.82, 2.24) is 0 Å². The summed E-state index contributed by atoms with van der Waals surface area (Å²) < 4.78 is 5.98. The van der Waals surface area contributed by atoms with Gasteiger partial charge in [0, 0.05) is 0 Å². The molecule has 194 valence electrons. The predicted molar refractivity (Wildman–Crippen MR) is 151 cm³/mol. The van der Waals surface area contributed by atoms with Gasteiger partial charge in [-0.25, -0.2) is 0 Å². The molecule has 0 aromatic carbocycles. The van der Waals surface area contributed by atoms with Crippen molar-refractivity contribution in [2.45, 2.75) is 168 Å². The molecule has 1 nitrogen and oxygen atoms in total. The lowest BCUT2D eigenvalue weighted by molar-refractivity contribution is 0.120. The van der Waals surface area contributed by atoms with E-state index in [4.69, 9.17) is 4.74 Å². The lowest BCUT2D eigenvalue weighted by atomic mass is 10.0. The molecule has 0 fully saturated rings. The van der Waals surface area contributed by atoms with E-state index in [-0.39, 0.29) is 0 Å². The van der Waals surface area contributed by atoms with Gasteiger partial charge >= 0.3 is 0 Å². The molecule has 0 radical (unpaired) electrons. The highest BCUT2D eigenvalue weighted by Crippen LogP contribution is 2.17. The number of unbranched alkanes of at least 4 members (excludes halogenated alkanes) is 16. The Labute approximate surface area is 209 Å². The van der Waals surface area contributed by atoms with Gasteiger partial charge in [-0.3, -0.25) is 0 Å². The summed E-state index contributed by atoms with van der Waals surface area (Å²) in [6.07, 6.45) is 43.2. The highest BCUT2D eigenvalue weighted by atomic mass is 16.5. The van der Waals surface area contributed by atoms with Crippen molar-refractivity contribution in [1.29, 1.82) is 0 Å². The lowest BCUT2D eigenvalue weighted by Gasteiger charge is -2.16. The van der Waals surface area contributed by atoms with Crippen LogP contribution in [0.1, 0.15) is 162 Å². The lowest BCUT2D eigenvalue weighted by Crippen LogP contribution is -2.09. The Morgan fingerprint density at radius 2 is 0.939 bits per heavy atom. The third-order valence-electron chi connectivity index (χ3n) is 6.51. The predicted octanol–water partition coefficient (Wildman–Crippen LogP) is 11.6. The molecule has 0 N–H and O–H groups in total. The van der Waals surface area contributed by atoms with Gasteiger partial charge in [0.2, 0.25) is 0 Å². The fourth-order valence-corrected chi connectivity index (χ4v) is 4.34. The van der Waals surface area contributed by atoms with Crippen molar-refractivity contribution in [3.63, 3.8) is 0 Å². The minimum atomic E-state index is 0.437. The summed E-state index contributed by atoms with van der Waals surface area (Å²) in [5, 5.41) is 0. The first-order valence-corrected chi connectivity index (χ1v) is 14.9. The topological polar surface area (TPSA) is 9.23 Å². The van der Waals surface area contributed by atoms with Crippen molar-refractivity contribution in [2.75, 3.05) is 0 Å². The number of hydrogen-bond acceptors (Lipinski definition) is 1. The van der Waals surface area contributed by atoms with Crippen molar-refractivity contribution in [3.8, 4) is 0 Å². The molecule has 1 atom stereocenters. The molecule has 0 aromatic heterocycles. The van der Waals surface area contributed by atoms with E-state index in [9.17, 15) is 0 Å². The molecular weight excluding hydrogens is 400 g/mol. The van der Waals surface area contributed by atoms with Crippen LogP contribution in [0.2, 0.25) is 0 Å². The molecule has 33 heavy (non-hydrogen) atoms. The standard InChI is InChI=1S/C32H60O/c1-4-7-9-11-13-15-16-17-18-19-20-21-22-24-26-28-30-32(33-31-6-3)29-27-25-23-14-12-10-8-5-2/h6,13,15,17-18,31-32H,4-5,7-12,14,16,19-30H2,1-3H3/b15-13-,18-17-,31-6+. The van der Waals surface area contributed by atoms with Crippen molar-refractivity contribution < 1.29 is 4.74 Å². The fraction of sp³-hybridized carbons (Fsp3) is 0.812.